The maximum atomic E-state index is 12.6. The van der Waals surface area contributed by atoms with Crippen molar-refractivity contribution in [3.63, 3.8) is 0 Å². The lowest BCUT2D eigenvalue weighted by molar-refractivity contribution is -0.132. The van der Waals surface area contributed by atoms with E-state index in [4.69, 9.17) is 23.5 Å². The molecule has 0 radical (unpaired) electrons. The molecule has 0 atom stereocenters. The van der Waals surface area contributed by atoms with Gasteiger partial charge in [-0.1, -0.05) is 18.1 Å². The molecule has 0 spiro atoms. The van der Waals surface area contributed by atoms with Crippen LogP contribution < -0.4 is 18.9 Å². The lowest BCUT2D eigenvalue weighted by atomic mass is 10.1. The monoisotopic (exact) mass is 424 g/mol. The van der Waals surface area contributed by atoms with Crippen LogP contribution in [0.4, 0.5) is 0 Å². The summed E-state index contributed by atoms with van der Waals surface area (Å²) in [5, 5.41) is 4.17. The molecule has 2 heterocycles. The van der Waals surface area contributed by atoms with Crippen molar-refractivity contribution in [1.82, 2.24) is 10.1 Å². The van der Waals surface area contributed by atoms with Crippen LogP contribution in [-0.2, 0) is 17.9 Å². The van der Waals surface area contributed by atoms with Crippen LogP contribution >= 0.6 is 0 Å². The number of amides is 1. The Morgan fingerprint density at radius 3 is 2.65 bits per heavy atom. The average molecular weight is 424 g/mol. The summed E-state index contributed by atoms with van der Waals surface area (Å²) in [4.78, 5) is 14.3. The number of methoxy groups -OCH3 is 2. The summed E-state index contributed by atoms with van der Waals surface area (Å²) in [6.07, 6.45) is 0.390. The molecule has 0 bridgehead atoms. The van der Waals surface area contributed by atoms with E-state index >= 15 is 0 Å². The number of aromatic nitrogens is 1. The van der Waals surface area contributed by atoms with Gasteiger partial charge in [-0.25, -0.2) is 0 Å². The lowest BCUT2D eigenvalue weighted by Crippen LogP contribution is -2.29. The standard InChI is InChI=1S/C23H24N2O6/c1-4-23(26)25(12-15-5-8-19-22(9-15)30-14-29-19)13-16-10-21(31-24-16)18-7-6-17(27-2)11-20(18)28-3/h5-11H,4,12-14H2,1-3H3. The van der Waals surface area contributed by atoms with Gasteiger partial charge in [-0.15, -0.1) is 0 Å². The van der Waals surface area contributed by atoms with E-state index in [9.17, 15) is 4.79 Å². The molecule has 8 heteroatoms. The average Bonchev–Trinajstić information content (AvgIpc) is 3.46. The molecule has 1 aliphatic rings. The molecule has 0 fully saturated rings. The van der Waals surface area contributed by atoms with Crippen molar-refractivity contribution >= 4 is 5.91 Å². The molecule has 1 aromatic heterocycles. The van der Waals surface area contributed by atoms with E-state index in [-0.39, 0.29) is 12.7 Å². The largest absolute Gasteiger partial charge is 0.497 e. The third-order valence-electron chi connectivity index (χ3n) is 5.05. The minimum absolute atomic E-state index is 0.0178. The Bertz CT molecular complexity index is 1080. The van der Waals surface area contributed by atoms with E-state index in [1.165, 1.54) is 0 Å². The van der Waals surface area contributed by atoms with Gasteiger partial charge in [-0.3, -0.25) is 4.79 Å². The SMILES string of the molecule is CCC(=O)N(Cc1ccc2c(c1)OCO2)Cc1cc(-c2ccc(OC)cc2OC)on1. The molecular weight excluding hydrogens is 400 g/mol. The number of fused-ring (bicyclic) bond motifs is 1. The third kappa shape index (κ3) is 4.42. The Morgan fingerprint density at radius 1 is 1.03 bits per heavy atom. The van der Waals surface area contributed by atoms with Gasteiger partial charge < -0.3 is 28.4 Å². The second-order valence-corrected chi connectivity index (χ2v) is 7.04. The van der Waals surface area contributed by atoms with Crippen LogP contribution in [0.2, 0.25) is 0 Å². The fourth-order valence-corrected chi connectivity index (χ4v) is 3.43. The number of hydrogen-bond acceptors (Lipinski definition) is 7. The molecule has 31 heavy (non-hydrogen) atoms. The minimum Gasteiger partial charge on any atom is -0.497 e. The van der Waals surface area contributed by atoms with Crippen LogP contribution in [-0.4, -0.2) is 37.0 Å². The molecule has 0 aliphatic carbocycles. The molecule has 0 saturated heterocycles. The highest BCUT2D eigenvalue weighted by Gasteiger charge is 2.19. The van der Waals surface area contributed by atoms with Crippen LogP contribution in [0.5, 0.6) is 23.0 Å². The Kier molecular flexibility index (Phi) is 5.97. The predicted octanol–water partition coefficient (Wildman–Crippen LogP) is 4.03. The number of hydrogen-bond donors (Lipinski definition) is 0. The molecule has 162 valence electrons. The fraction of sp³-hybridized carbons (Fsp3) is 0.304. The zero-order chi connectivity index (χ0) is 21.8. The number of ether oxygens (including phenoxy) is 4. The number of carbonyl (C=O) groups is 1. The first-order chi connectivity index (χ1) is 15.1. The summed E-state index contributed by atoms with van der Waals surface area (Å²) >= 11 is 0. The third-order valence-corrected chi connectivity index (χ3v) is 5.05. The van der Waals surface area contributed by atoms with Crippen LogP contribution in [0.1, 0.15) is 24.6 Å². The number of rotatable bonds is 8. The van der Waals surface area contributed by atoms with Crippen molar-refractivity contribution in [2.45, 2.75) is 26.4 Å². The summed E-state index contributed by atoms with van der Waals surface area (Å²) in [6.45, 7) is 2.80. The zero-order valence-electron chi connectivity index (χ0n) is 17.7. The number of carbonyl (C=O) groups excluding carboxylic acids is 1. The van der Waals surface area contributed by atoms with E-state index in [1.807, 2.05) is 43.3 Å². The molecular formula is C23H24N2O6. The van der Waals surface area contributed by atoms with Crippen LogP contribution in [0.3, 0.4) is 0 Å². The summed E-state index contributed by atoms with van der Waals surface area (Å²) in [5.74, 6) is 3.28. The molecule has 1 amide bonds. The molecule has 0 unspecified atom stereocenters. The second kappa shape index (κ2) is 8.99. The summed E-state index contributed by atoms with van der Waals surface area (Å²) < 4.78 is 27.0. The minimum atomic E-state index is 0.0178. The lowest BCUT2D eigenvalue weighted by Gasteiger charge is -2.21. The van der Waals surface area contributed by atoms with Gasteiger partial charge in [0.25, 0.3) is 0 Å². The van der Waals surface area contributed by atoms with Crippen molar-refractivity contribution in [1.29, 1.82) is 0 Å². The van der Waals surface area contributed by atoms with Gasteiger partial charge in [0.2, 0.25) is 12.7 Å². The Hall–Kier alpha value is -3.68. The molecule has 1 aliphatic heterocycles. The quantitative estimate of drug-likeness (QED) is 0.540. The summed E-state index contributed by atoms with van der Waals surface area (Å²) in [5.41, 5.74) is 2.35. The Labute approximate surface area is 180 Å². The van der Waals surface area contributed by atoms with Gasteiger partial charge in [0.15, 0.2) is 17.3 Å². The van der Waals surface area contributed by atoms with Crippen LogP contribution in [0, 0.1) is 0 Å². The van der Waals surface area contributed by atoms with Gasteiger partial charge in [0, 0.05) is 25.1 Å². The number of benzene rings is 2. The van der Waals surface area contributed by atoms with Crippen LogP contribution in [0.15, 0.2) is 47.0 Å². The van der Waals surface area contributed by atoms with Crippen LogP contribution in [0.25, 0.3) is 11.3 Å². The normalized spacial score (nSPS) is 12.0. The van der Waals surface area contributed by atoms with Crippen molar-refractivity contribution in [2.75, 3.05) is 21.0 Å². The maximum Gasteiger partial charge on any atom is 0.231 e. The van der Waals surface area contributed by atoms with E-state index in [0.29, 0.717) is 54.0 Å². The second-order valence-electron chi connectivity index (χ2n) is 7.04. The Balaban J connectivity index is 1.53. The summed E-state index contributed by atoms with van der Waals surface area (Å²) in [7, 11) is 3.18. The highest BCUT2D eigenvalue weighted by Crippen LogP contribution is 2.35. The Morgan fingerprint density at radius 2 is 1.87 bits per heavy atom. The highest BCUT2D eigenvalue weighted by atomic mass is 16.7. The molecule has 4 rings (SSSR count). The van der Waals surface area contributed by atoms with Crippen molar-refractivity contribution < 1.29 is 28.3 Å². The molecule has 0 N–H and O–H groups in total. The molecule has 2 aromatic carbocycles. The molecule has 8 nitrogen and oxygen atoms in total. The zero-order valence-corrected chi connectivity index (χ0v) is 17.7. The first kappa shape index (κ1) is 20.6. The highest BCUT2D eigenvalue weighted by molar-refractivity contribution is 5.76. The maximum absolute atomic E-state index is 12.6. The fourth-order valence-electron chi connectivity index (χ4n) is 3.43. The van der Waals surface area contributed by atoms with Gasteiger partial charge in [-0.05, 0) is 29.8 Å². The first-order valence-electron chi connectivity index (χ1n) is 9.95. The van der Waals surface area contributed by atoms with Gasteiger partial charge in [0.05, 0.1) is 26.3 Å². The predicted molar refractivity (Wildman–Crippen MR) is 112 cm³/mol. The van der Waals surface area contributed by atoms with Gasteiger partial charge >= 0.3 is 0 Å². The van der Waals surface area contributed by atoms with E-state index in [0.717, 1.165) is 11.1 Å². The molecule has 3 aromatic rings. The van der Waals surface area contributed by atoms with E-state index < -0.39 is 0 Å². The topological polar surface area (TPSA) is 83.3 Å². The number of nitrogens with zero attached hydrogens (tertiary/aromatic N) is 2. The van der Waals surface area contributed by atoms with Crippen molar-refractivity contribution in [3.8, 4) is 34.3 Å². The van der Waals surface area contributed by atoms with Crippen molar-refractivity contribution in [2.24, 2.45) is 0 Å². The van der Waals surface area contributed by atoms with E-state index in [1.54, 1.807) is 25.2 Å². The smallest absolute Gasteiger partial charge is 0.231 e. The molecule has 0 saturated carbocycles. The van der Waals surface area contributed by atoms with E-state index in [2.05, 4.69) is 5.16 Å². The van der Waals surface area contributed by atoms with Gasteiger partial charge in [-0.2, -0.15) is 0 Å². The first-order valence-corrected chi connectivity index (χ1v) is 9.95. The van der Waals surface area contributed by atoms with Crippen molar-refractivity contribution in [3.05, 3.63) is 53.7 Å². The summed E-state index contributed by atoms with van der Waals surface area (Å²) in [6, 6.07) is 13.0. The van der Waals surface area contributed by atoms with Gasteiger partial charge in [0.1, 0.15) is 17.2 Å².